The zero-order valence-corrected chi connectivity index (χ0v) is 11.0. The molecule has 1 atom stereocenters. The summed E-state index contributed by atoms with van der Waals surface area (Å²) >= 11 is 7.66. The maximum absolute atomic E-state index is 11.6. The van der Waals surface area contributed by atoms with E-state index in [-0.39, 0.29) is 5.91 Å². The summed E-state index contributed by atoms with van der Waals surface area (Å²) in [6.07, 6.45) is 4.43. The third-order valence-corrected chi connectivity index (χ3v) is 4.64. The van der Waals surface area contributed by atoms with E-state index in [0.29, 0.717) is 18.6 Å². The van der Waals surface area contributed by atoms with Gasteiger partial charge in [-0.2, -0.15) is 0 Å². The monoisotopic (exact) mass is 270 g/mol. The van der Waals surface area contributed by atoms with E-state index in [9.17, 15) is 4.79 Å². The summed E-state index contributed by atoms with van der Waals surface area (Å²) in [7, 11) is 0. The van der Waals surface area contributed by atoms with Gasteiger partial charge in [0.25, 0.3) is 0 Å². The van der Waals surface area contributed by atoms with Crippen molar-refractivity contribution >= 4 is 28.8 Å². The van der Waals surface area contributed by atoms with Gasteiger partial charge in [-0.1, -0.05) is 11.6 Å². The number of rotatable bonds is 4. The molecule has 3 rings (SSSR count). The van der Waals surface area contributed by atoms with Crippen molar-refractivity contribution in [3.63, 3.8) is 0 Å². The number of carbonyl (C=O) groups excluding carboxylic acids is 1. The molecule has 1 unspecified atom stereocenters. The number of nitrogens with one attached hydrogen (secondary N) is 2. The Balaban J connectivity index is 1.53. The van der Waals surface area contributed by atoms with Crippen LogP contribution in [0.1, 0.15) is 35.7 Å². The van der Waals surface area contributed by atoms with Gasteiger partial charge in [-0.25, -0.2) is 0 Å². The Kier molecular flexibility index (Phi) is 3.11. The molecule has 0 saturated heterocycles. The Labute approximate surface area is 110 Å². The normalized spacial score (nSPS) is 22.5. The number of hydrogen-bond acceptors (Lipinski definition) is 3. The lowest BCUT2D eigenvalue weighted by atomic mass is 10.2. The number of hydrogen-bond donors (Lipinski definition) is 2. The Bertz CT molecular complexity index is 442. The van der Waals surface area contributed by atoms with Gasteiger partial charge >= 0.3 is 0 Å². The Morgan fingerprint density at radius 2 is 2.29 bits per heavy atom. The van der Waals surface area contributed by atoms with E-state index in [1.54, 1.807) is 11.3 Å². The van der Waals surface area contributed by atoms with Crippen molar-refractivity contribution in [3.8, 4) is 0 Å². The molecule has 0 aromatic carbocycles. The van der Waals surface area contributed by atoms with Crippen molar-refractivity contribution in [1.29, 1.82) is 0 Å². The van der Waals surface area contributed by atoms with Crippen LogP contribution >= 0.6 is 22.9 Å². The van der Waals surface area contributed by atoms with Crippen molar-refractivity contribution in [2.75, 3.05) is 6.54 Å². The van der Waals surface area contributed by atoms with Crippen LogP contribution in [-0.4, -0.2) is 18.5 Å². The smallest absolute Gasteiger partial charge is 0.234 e. The first kappa shape index (κ1) is 11.5. The zero-order valence-electron chi connectivity index (χ0n) is 9.46. The topological polar surface area (TPSA) is 41.1 Å². The van der Waals surface area contributed by atoms with E-state index in [2.05, 4.69) is 10.6 Å². The van der Waals surface area contributed by atoms with Gasteiger partial charge in [0.2, 0.25) is 5.91 Å². The van der Waals surface area contributed by atoms with Crippen LogP contribution in [0, 0.1) is 0 Å². The van der Waals surface area contributed by atoms with Gasteiger partial charge in [0.05, 0.1) is 10.9 Å². The van der Waals surface area contributed by atoms with Gasteiger partial charge in [-0.05, 0) is 37.3 Å². The molecular formula is C12H15ClN2OS. The number of amides is 1. The highest BCUT2D eigenvalue weighted by molar-refractivity contribution is 7.16. The fourth-order valence-corrected chi connectivity index (χ4v) is 3.62. The first-order chi connectivity index (χ1) is 8.22. The maximum atomic E-state index is 11.6. The number of fused-ring (bicyclic) bond motifs is 1. The van der Waals surface area contributed by atoms with Crippen molar-refractivity contribution in [3.05, 3.63) is 20.8 Å². The Hall–Kier alpha value is -0.580. The second kappa shape index (κ2) is 4.59. The third-order valence-electron chi connectivity index (χ3n) is 3.30. The minimum Gasteiger partial charge on any atom is -0.352 e. The molecule has 0 bridgehead atoms. The fourth-order valence-electron chi connectivity index (χ4n) is 2.26. The van der Waals surface area contributed by atoms with E-state index < -0.39 is 0 Å². The first-order valence-corrected chi connectivity index (χ1v) is 7.22. The quantitative estimate of drug-likeness (QED) is 0.881. The molecule has 1 fully saturated rings. The van der Waals surface area contributed by atoms with Crippen molar-refractivity contribution < 1.29 is 4.79 Å². The van der Waals surface area contributed by atoms with E-state index >= 15 is 0 Å². The molecule has 1 aromatic heterocycles. The molecular weight excluding hydrogens is 256 g/mol. The second-order valence-electron chi connectivity index (χ2n) is 4.74. The molecule has 5 heteroatoms. The van der Waals surface area contributed by atoms with E-state index in [0.717, 1.165) is 30.0 Å². The minimum atomic E-state index is 0.113. The molecule has 2 aliphatic carbocycles. The molecule has 0 spiro atoms. The molecule has 3 nitrogen and oxygen atoms in total. The SMILES string of the molecule is O=C(CNC1CCc2sc(Cl)cc21)NC1CC1. The summed E-state index contributed by atoms with van der Waals surface area (Å²) in [4.78, 5) is 12.9. The summed E-state index contributed by atoms with van der Waals surface area (Å²) < 4.78 is 0.851. The molecule has 2 aliphatic rings. The van der Waals surface area contributed by atoms with E-state index in [1.165, 1.54) is 10.4 Å². The second-order valence-corrected chi connectivity index (χ2v) is 6.51. The molecule has 1 amide bonds. The van der Waals surface area contributed by atoms with Gasteiger partial charge in [-0.3, -0.25) is 4.79 Å². The molecule has 92 valence electrons. The lowest BCUT2D eigenvalue weighted by molar-refractivity contribution is -0.120. The molecule has 1 saturated carbocycles. The predicted octanol–water partition coefficient (Wildman–Crippen LogP) is 2.26. The summed E-state index contributed by atoms with van der Waals surface area (Å²) in [6.45, 7) is 0.411. The summed E-state index contributed by atoms with van der Waals surface area (Å²) in [5.41, 5.74) is 1.29. The average molecular weight is 271 g/mol. The van der Waals surface area contributed by atoms with Crippen LogP contribution in [0.2, 0.25) is 4.34 Å². The lowest BCUT2D eigenvalue weighted by Crippen LogP contribution is -2.36. The van der Waals surface area contributed by atoms with Crippen LogP contribution in [0.5, 0.6) is 0 Å². The molecule has 17 heavy (non-hydrogen) atoms. The van der Waals surface area contributed by atoms with Crippen LogP contribution < -0.4 is 10.6 Å². The predicted molar refractivity (Wildman–Crippen MR) is 69.6 cm³/mol. The van der Waals surface area contributed by atoms with Crippen LogP contribution in [0.15, 0.2) is 6.07 Å². The summed E-state index contributed by atoms with van der Waals surface area (Å²) in [6, 6.07) is 2.78. The molecule has 0 radical (unpaired) electrons. The first-order valence-electron chi connectivity index (χ1n) is 6.03. The summed E-state index contributed by atoms with van der Waals surface area (Å²) in [5, 5.41) is 6.30. The van der Waals surface area contributed by atoms with Crippen LogP contribution in [0.4, 0.5) is 0 Å². The standard InChI is InChI=1S/C12H15ClN2OS/c13-11-5-8-9(3-4-10(8)17-11)14-6-12(16)15-7-1-2-7/h5,7,9,14H,1-4,6H2,(H,15,16). The molecule has 1 heterocycles. The van der Waals surface area contributed by atoms with Gasteiger partial charge in [0.1, 0.15) is 0 Å². The van der Waals surface area contributed by atoms with Gasteiger partial charge < -0.3 is 10.6 Å². The molecule has 0 aliphatic heterocycles. The highest BCUT2D eigenvalue weighted by Crippen LogP contribution is 2.39. The fraction of sp³-hybridized carbons (Fsp3) is 0.583. The van der Waals surface area contributed by atoms with Crippen LogP contribution in [-0.2, 0) is 11.2 Å². The zero-order chi connectivity index (χ0) is 11.8. The van der Waals surface area contributed by atoms with E-state index in [4.69, 9.17) is 11.6 Å². The number of carbonyl (C=O) groups is 1. The van der Waals surface area contributed by atoms with E-state index in [1.807, 2.05) is 6.07 Å². The van der Waals surface area contributed by atoms with Gasteiger partial charge in [0.15, 0.2) is 0 Å². The number of aryl methyl sites for hydroxylation is 1. The highest BCUT2D eigenvalue weighted by atomic mass is 35.5. The average Bonchev–Trinajstić information content (AvgIpc) is 2.89. The van der Waals surface area contributed by atoms with Crippen molar-refractivity contribution in [2.45, 2.75) is 37.8 Å². The Morgan fingerprint density at radius 3 is 3.06 bits per heavy atom. The number of thiophene rings is 1. The van der Waals surface area contributed by atoms with Crippen molar-refractivity contribution in [1.82, 2.24) is 10.6 Å². The third kappa shape index (κ3) is 2.64. The summed E-state index contributed by atoms with van der Waals surface area (Å²) in [5.74, 6) is 0.113. The van der Waals surface area contributed by atoms with Gasteiger partial charge in [0, 0.05) is 17.0 Å². The molecule has 2 N–H and O–H groups in total. The molecule has 1 aromatic rings. The Morgan fingerprint density at radius 1 is 1.47 bits per heavy atom. The highest BCUT2D eigenvalue weighted by Gasteiger charge is 2.26. The largest absolute Gasteiger partial charge is 0.352 e. The lowest BCUT2D eigenvalue weighted by Gasteiger charge is -2.12. The van der Waals surface area contributed by atoms with Crippen LogP contribution in [0.25, 0.3) is 0 Å². The van der Waals surface area contributed by atoms with Crippen LogP contribution in [0.3, 0.4) is 0 Å². The minimum absolute atomic E-state index is 0.113. The van der Waals surface area contributed by atoms with Crippen molar-refractivity contribution in [2.24, 2.45) is 0 Å². The number of halogens is 1. The maximum Gasteiger partial charge on any atom is 0.234 e. The van der Waals surface area contributed by atoms with Gasteiger partial charge in [-0.15, -0.1) is 11.3 Å².